The van der Waals surface area contributed by atoms with Gasteiger partial charge in [0, 0.05) is 10.2 Å². The van der Waals surface area contributed by atoms with Crippen LogP contribution in [0.4, 0.5) is 5.69 Å². The molecule has 1 rings (SSSR count). The van der Waals surface area contributed by atoms with Gasteiger partial charge in [0.15, 0.2) is 0 Å². The van der Waals surface area contributed by atoms with E-state index in [0.29, 0.717) is 0 Å². The normalized spacial score (nSPS) is 10.9. The second kappa shape index (κ2) is 6.66. The Kier molecular flexibility index (Phi) is 5.50. The fraction of sp³-hybridized carbons (Fsp3) is 0.500. The molecule has 0 aliphatic rings. The molecule has 0 atom stereocenters. The lowest BCUT2D eigenvalue weighted by molar-refractivity contribution is 0.487. The van der Waals surface area contributed by atoms with E-state index in [-0.39, 0.29) is 0 Å². The third kappa shape index (κ3) is 4.05. The zero-order valence-electron chi connectivity index (χ0n) is 10.5. The van der Waals surface area contributed by atoms with Gasteiger partial charge in [-0.05, 0) is 37.1 Å². The molecule has 92 valence electrons. The Balaban J connectivity index is 2.85. The van der Waals surface area contributed by atoms with E-state index in [9.17, 15) is 5.26 Å². The van der Waals surface area contributed by atoms with Crippen molar-refractivity contribution in [1.82, 2.24) is 0 Å². The first-order valence-electron chi connectivity index (χ1n) is 6.11. The summed E-state index contributed by atoms with van der Waals surface area (Å²) in [5.74, 6) is 0. The average molecular weight is 295 g/mol. The standard InChI is InChI=1S/C14H19BrN2/c1-3-9-14(11-16,10-4-2)17-13-7-5-12(15)6-8-13/h5-8,17H,3-4,9-10H2,1-2H3. The molecule has 3 heteroatoms. The maximum absolute atomic E-state index is 9.43. The first kappa shape index (κ1) is 14.1. The SMILES string of the molecule is CCCC(C#N)(CCC)Nc1ccc(Br)cc1. The maximum Gasteiger partial charge on any atom is 0.125 e. The van der Waals surface area contributed by atoms with Crippen LogP contribution in [-0.2, 0) is 0 Å². The largest absolute Gasteiger partial charge is 0.367 e. The average Bonchev–Trinajstić information content (AvgIpc) is 2.33. The van der Waals surface area contributed by atoms with E-state index in [1.54, 1.807) is 0 Å². The number of rotatable bonds is 6. The maximum atomic E-state index is 9.43. The zero-order chi connectivity index (χ0) is 12.7. The van der Waals surface area contributed by atoms with E-state index < -0.39 is 5.54 Å². The van der Waals surface area contributed by atoms with Gasteiger partial charge in [0.05, 0.1) is 6.07 Å². The molecule has 0 saturated carbocycles. The van der Waals surface area contributed by atoms with Crippen LogP contribution >= 0.6 is 15.9 Å². The lowest BCUT2D eigenvalue weighted by atomic mass is 9.90. The molecule has 1 N–H and O–H groups in total. The predicted molar refractivity (Wildman–Crippen MR) is 75.9 cm³/mol. The van der Waals surface area contributed by atoms with Crippen LogP contribution in [0.2, 0.25) is 0 Å². The Hall–Kier alpha value is -1.01. The fourth-order valence-electron chi connectivity index (χ4n) is 2.05. The van der Waals surface area contributed by atoms with Crippen LogP contribution in [0, 0.1) is 11.3 Å². The number of anilines is 1. The molecule has 0 amide bonds. The molecule has 0 aromatic heterocycles. The zero-order valence-corrected chi connectivity index (χ0v) is 12.0. The number of nitrogens with zero attached hydrogens (tertiary/aromatic N) is 1. The third-order valence-electron chi connectivity index (χ3n) is 2.80. The van der Waals surface area contributed by atoms with Crippen molar-refractivity contribution in [2.24, 2.45) is 0 Å². The molecule has 0 unspecified atom stereocenters. The van der Waals surface area contributed by atoms with Crippen molar-refractivity contribution in [3.63, 3.8) is 0 Å². The number of hydrogen-bond acceptors (Lipinski definition) is 2. The molecule has 0 radical (unpaired) electrons. The predicted octanol–water partition coefficient (Wildman–Crippen LogP) is 4.72. The topological polar surface area (TPSA) is 35.8 Å². The minimum absolute atomic E-state index is 0.419. The van der Waals surface area contributed by atoms with Crippen LogP contribution < -0.4 is 5.32 Å². The van der Waals surface area contributed by atoms with E-state index in [1.807, 2.05) is 24.3 Å². The molecule has 0 saturated heterocycles. The molecule has 1 aromatic rings. The summed E-state index contributed by atoms with van der Waals surface area (Å²) in [5.41, 5.74) is 0.591. The minimum Gasteiger partial charge on any atom is -0.367 e. The van der Waals surface area contributed by atoms with Gasteiger partial charge in [-0.15, -0.1) is 0 Å². The molecule has 0 fully saturated rings. The highest BCUT2D eigenvalue weighted by atomic mass is 79.9. The molecule has 0 aliphatic carbocycles. The summed E-state index contributed by atoms with van der Waals surface area (Å²) in [7, 11) is 0. The highest BCUT2D eigenvalue weighted by Gasteiger charge is 2.27. The van der Waals surface area contributed by atoms with Crippen molar-refractivity contribution in [3.05, 3.63) is 28.7 Å². The lowest BCUT2D eigenvalue weighted by Gasteiger charge is -2.28. The smallest absolute Gasteiger partial charge is 0.125 e. The Labute approximate surface area is 112 Å². The van der Waals surface area contributed by atoms with E-state index in [2.05, 4.69) is 41.2 Å². The molecule has 0 aliphatic heterocycles. The van der Waals surface area contributed by atoms with Crippen molar-refractivity contribution in [2.45, 2.75) is 45.1 Å². The van der Waals surface area contributed by atoms with Crippen LogP contribution in [0.5, 0.6) is 0 Å². The van der Waals surface area contributed by atoms with Gasteiger partial charge in [0.25, 0.3) is 0 Å². The first-order chi connectivity index (χ1) is 8.15. The van der Waals surface area contributed by atoms with Crippen molar-refractivity contribution in [3.8, 4) is 6.07 Å². The summed E-state index contributed by atoms with van der Waals surface area (Å²) in [4.78, 5) is 0. The number of nitriles is 1. The number of hydrogen-bond donors (Lipinski definition) is 1. The van der Waals surface area contributed by atoms with E-state index >= 15 is 0 Å². The summed E-state index contributed by atoms with van der Waals surface area (Å²) in [5, 5.41) is 12.8. The van der Waals surface area contributed by atoms with Gasteiger partial charge in [-0.1, -0.05) is 42.6 Å². The molecule has 2 nitrogen and oxygen atoms in total. The first-order valence-corrected chi connectivity index (χ1v) is 6.90. The van der Waals surface area contributed by atoms with Gasteiger partial charge in [0.1, 0.15) is 5.54 Å². The van der Waals surface area contributed by atoms with Gasteiger partial charge < -0.3 is 5.32 Å². The van der Waals surface area contributed by atoms with Gasteiger partial charge in [0.2, 0.25) is 0 Å². The highest BCUT2D eigenvalue weighted by molar-refractivity contribution is 9.10. The molecule has 0 bridgehead atoms. The summed E-state index contributed by atoms with van der Waals surface area (Å²) in [6.07, 6.45) is 3.79. The van der Waals surface area contributed by atoms with Crippen LogP contribution in [0.3, 0.4) is 0 Å². The summed E-state index contributed by atoms with van der Waals surface area (Å²) < 4.78 is 1.05. The number of benzene rings is 1. The quantitative estimate of drug-likeness (QED) is 0.824. The van der Waals surface area contributed by atoms with Gasteiger partial charge >= 0.3 is 0 Å². The van der Waals surface area contributed by atoms with E-state index in [1.165, 1.54) is 0 Å². The Morgan fingerprint density at radius 1 is 1.18 bits per heavy atom. The monoisotopic (exact) mass is 294 g/mol. The fourth-order valence-corrected chi connectivity index (χ4v) is 2.32. The molecule has 17 heavy (non-hydrogen) atoms. The van der Waals surface area contributed by atoms with Crippen molar-refractivity contribution in [1.29, 1.82) is 5.26 Å². The highest BCUT2D eigenvalue weighted by Crippen LogP contribution is 2.25. The minimum atomic E-state index is -0.419. The Bertz CT molecular complexity index is 372. The van der Waals surface area contributed by atoms with Crippen LogP contribution in [-0.4, -0.2) is 5.54 Å². The third-order valence-corrected chi connectivity index (χ3v) is 3.32. The Morgan fingerprint density at radius 3 is 2.12 bits per heavy atom. The molecular formula is C14H19BrN2. The second-order valence-corrected chi connectivity index (χ2v) is 5.24. The van der Waals surface area contributed by atoms with Crippen molar-refractivity contribution >= 4 is 21.6 Å². The van der Waals surface area contributed by atoms with Gasteiger partial charge in [-0.25, -0.2) is 0 Å². The van der Waals surface area contributed by atoms with Gasteiger partial charge in [-0.2, -0.15) is 5.26 Å². The van der Waals surface area contributed by atoms with Crippen molar-refractivity contribution < 1.29 is 0 Å². The number of halogens is 1. The molecular weight excluding hydrogens is 276 g/mol. The second-order valence-electron chi connectivity index (χ2n) is 4.33. The van der Waals surface area contributed by atoms with Crippen LogP contribution in [0.25, 0.3) is 0 Å². The van der Waals surface area contributed by atoms with Crippen molar-refractivity contribution in [2.75, 3.05) is 5.32 Å². The van der Waals surface area contributed by atoms with Crippen LogP contribution in [0.1, 0.15) is 39.5 Å². The van der Waals surface area contributed by atoms with E-state index in [4.69, 9.17) is 0 Å². The van der Waals surface area contributed by atoms with E-state index in [0.717, 1.165) is 35.8 Å². The van der Waals surface area contributed by atoms with Crippen LogP contribution in [0.15, 0.2) is 28.7 Å². The summed E-state index contributed by atoms with van der Waals surface area (Å²) in [6, 6.07) is 10.4. The Morgan fingerprint density at radius 2 is 1.71 bits per heavy atom. The summed E-state index contributed by atoms with van der Waals surface area (Å²) in [6.45, 7) is 4.23. The number of nitrogens with one attached hydrogen (secondary N) is 1. The lowest BCUT2D eigenvalue weighted by Crippen LogP contribution is -2.36. The molecule has 1 aromatic carbocycles. The molecule has 0 spiro atoms. The molecule has 0 heterocycles. The summed E-state index contributed by atoms with van der Waals surface area (Å²) >= 11 is 3.41. The van der Waals surface area contributed by atoms with Gasteiger partial charge in [-0.3, -0.25) is 0 Å².